The van der Waals surface area contributed by atoms with E-state index in [-0.39, 0.29) is 12.4 Å². The van der Waals surface area contributed by atoms with Crippen LogP contribution < -0.4 is 17.7 Å². The Morgan fingerprint density at radius 3 is 2.52 bits per heavy atom. The molecule has 25 heavy (non-hydrogen) atoms. The van der Waals surface area contributed by atoms with Gasteiger partial charge in [0.1, 0.15) is 5.82 Å². The highest BCUT2D eigenvalue weighted by atomic mass is 35.5. The van der Waals surface area contributed by atoms with Gasteiger partial charge in [-0.1, -0.05) is 55.2 Å². The first kappa shape index (κ1) is 17.7. The Bertz CT molecular complexity index is 857. The van der Waals surface area contributed by atoms with Crippen LogP contribution in [0.1, 0.15) is 37.7 Å². The van der Waals surface area contributed by atoms with Crippen LogP contribution in [-0.2, 0) is 0 Å². The number of hydrogen-bond acceptors (Lipinski definition) is 3. The third-order valence-electron chi connectivity index (χ3n) is 4.83. The van der Waals surface area contributed by atoms with Crippen LogP contribution in [0.2, 0.25) is 0 Å². The van der Waals surface area contributed by atoms with Crippen LogP contribution in [0, 0.1) is 6.92 Å². The molecule has 3 nitrogen and oxygen atoms in total. The molecule has 1 aromatic heterocycles. The van der Waals surface area contributed by atoms with E-state index in [1.165, 1.54) is 37.7 Å². The van der Waals surface area contributed by atoms with Crippen LogP contribution in [-0.4, -0.2) is 16.0 Å². The van der Waals surface area contributed by atoms with E-state index in [4.69, 9.17) is 9.97 Å². The summed E-state index contributed by atoms with van der Waals surface area (Å²) in [6, 6.07) is 17.2. The van der Waals surface area contributed by atoms with Gasteiger partial charge in [-0.05, 0) is 38.0 Å². The number of nitrogens with one attached hydrogen (secondary N) is 1. The van der Waals surface area contributed by atoms with E-state index in [0.29, 0.717) is 6.04 Å². The number of benzene rings is 2. The van der Waals surface area contributed by atoms with E-state index in [0.717, 1.165) is 28.1 Å². The molecule has 1 aliphatic rings. The molecule has 1 saturated carbocycles. The monoisotopic (exact) mass is 352 g/mol. The van der Waals surface area contributed by atoms with Gasteiger partial charge in [0.25, 0.3) is 0 Å². The predicted molar refractivity (Wildman–Crippen MR) is 100 cm³/mol. The van der Waals surface area contributed by atoms with Gasteiger partial charge < -0.3 is 17.7 Å². The first-order valence-electron chi connectivity index (χ1n) is 8.90. The second kappa shape index (κ2) is 7.83. The molecule has 0 aliphatic heterocycles. The van der Waals surface area contributed by atoms with E-state index in [1.807, 2.05) is 6.07 Å². The summed E-state index contributed by atoms with van der Waals surface area (Å²) in [4.78, 5) is 9.67. The lowest BCUT2D eigenvalue weighted by Crippen LogP contribution is -3.00. The molecule has 1 N–H and O–H groups in total. The lowest BCUT2D eigenvalue weighted by molar-refractivity contribution is -0.00000504. The van der Waals surface area contributed by atoms with Crippen molar-refractivity contribution in [2.45, 2.75) is 45.1 Å². The van der Waals surface area contributed by atoms with Crippen molar-refractivity contribution >= 4 is 16.7 Å². The van der Waals surface area contributed by atoms with Gasteiger partial charge in [0.15, 0.2) is 5.82 Å². The minimum atomic E-state index is 0. The van der Waals surface area contributed by atoms with Crippen LogP contribution in [0.15, 0.2) is 48.5 Å². The maximum absolute atomic E-state index is 4.88. The number of para-hydroxylation sites is 1. The Hall–Kier alpha value is -2.13. The van der Waals surface area contributed by atoms with Crippen molar-refractivity contribution in [3.05, 3.63) is 54.1 Å². The van der Waals surface area contributed by atoms with Crippen LogP contribution in [0.25, 0.3) is 22.3 Å². The highest BCUT2D eigenvalue weighted by molar-refractivity contribution is 5.90. The molecule has 0 amide bonds. The van der Waals surface area contributed by atoms with E-state index >= 15 is 0 Å². The summed E-state index contributed by atoms with van der Waals surface area (Å²) in [5.41, 5.74) is 3.31. The first-order valence-corrected chi connectivity index (χ1v) is 8.90. The lowest BCUT2D eigenvalue weighted by atomic mass is 9.95. The molecule has 0 unspecified atom stereocenters. The number of aryl methyl sites for hydroxylation is 1. The molecule has 0 bridgehead atoms. The molecule has 3 aromatic rings. The molecular formula is C21H23ClN3-. The van der Waals surface area contributed by atoms with E-state index in [1.54, 1.807) is 0 Å². The highest BCUT2D eigenvalue weighted by Crippen LogP contribution is 2.28. The second-order valence-corrected chi connectivity index (χ2v) is 6.76. The number of halogens is 1. The zero-order valence-corrected chi connectivity index (χ0v) is 15.3. The van der Waals surface area contributed by atoms with Gasteiger partial charge in [-0.3, -0.25) is 0 Å². The highest BCUT2D eigenvalue weighted by Gasteiger charge is 2.16. The van der Waals surface area contributed by atoms with Crippen molar-refractivity contribution in [1.82, 2.24) is 9.97 Å². The summed E-state index contributed by atoms with van der Waals surface area (Å²) in [6.45, 7) is 2.10. The van der Waals surface area contributed by atoms with Crippen molar-refractivity contribution in [2.75, 3.05) is 5.32 Å². The molecule has 0 radical (unpaired) electrons. The van der Waals surface area contributed by atoms with Gasteiger partial charge >= 0.3 is 0 Å². The van der Waals surface area contributed by atoms with Crippen LogP contribution >= 0.6 is 0 Å². The molecule has 1 fully saturated rings. The van der Waals surface area contributed by atoms with Crippen molar-refractivity contribution in [2.24, 2.45) is 0 Å². The maximum Gasteiger partial charge on any atom is 0.162 e. The van der Waals surface area contributed by atoms with Crippen LogP contribution in [0.4, 0.5) is 5.82 Å². The van der Waals surface area contributed by atoms with Gasteiger partial charge in [-0.2, -0.15) is 0 Å². The van der Waals surface area contributed by atoms with Gasteiger partial charge in [0, 0.05) is 17.0 Å². The van der Waals surface area contributed by atoms with Gasteiger partial charge in [-0.15, -0.1) is 0 Å². The molecule has 0 spiro atoms. The summed E-state index contributed by atoms with van der Waals surface area (Å²) in [6.07, 6.45) is 6.45. The van der Waals surface area contributed by atoms with Crippen molar-refractivity contribution in [3.8, 4) is 11.4 Å². The topological polar surface area (TPSA) is 37.8 Å². The summed E-state index contributed by atoms with van der Waals surface area (Å²) >= 11 is 0. The summed E-state index contributed by atoms with van der Waals surface area (Å²) < 4.78 is 0. The number of anilines is 1. The molecule has 0 atom stereocenters. The summed E-state index contributed by atoms with van der Waals surface area (Å²) in [5, 5.41) is 4.81. The molecule has 130 valence electrons. The fraction of sp³-hybridized carbons (Fsp3) is 0.333. The number of fused-ring (bicyclic) bond motifs is 1. The molecule has 1 heterocycles. The van der Waals surface area contributed by atoms with Gasteiger partial charge in [0.2, 0.25) is 0 Å². The summed E-state index contributed by atoms with van der Waals surface area (Å²) in [5.74, 6) is 1.78. The van der Waals surface area contributed by atoms with Crippen LogP contribution in [0.3, 0.4) is 0 Å². The minimum absolute atomic E-state index is 0. The van der Waals surface area contributed by atoms with E-state index in [9.17, 15) is 0 Å². The molecule has 1 aliphatic carbocycles. The number of nitrogens with zero attached hydrogens (tertiary/aromatic N) is 2. The Labute approximate surface area is 155 Å². The molecule has 4 rings (SSSR count). The van der Waals surface area contributed by atoms with Crippen molar-refractivity contribution in [3.63, 3.8) is 0 Å². The van der Waals surface area contributed by atoms with Gasteiger partial charge in [-0.25, -0.2) is 9.97 Å². The molecule has 2 aromatic carbocycles. The first-order chi connectivity index (χ1) is 11.8. The number of aromatic nitrogens is 2. The standard InChI is InChI=1S/C21H23N3.ClH/c1-15-8-7-9-16(14-15)20-23-19-13-6-5-12-18(19)21(24-20)22-17-10-3-2-4-11-17;/h5-9,12-14,17H,2-4,10-11H2,1H3,(H,22,23,24);1H/p-1. The Morgan fingerprint density at radius 2 is 1.72 bits per heavy atom. The molecule has 4 heteroatoms. The molecular weight excluding hydrogens is 330 g/mol. The minimum Gasteiger partial charge on any atom is -1.00 e. The van der Waals surface area contributed by atoms with Crippen molar-refractivity contribution in [1.29, 1.82) is 0 Å². The van der Waals surface area contributed by atoms with Crippen molar-refractivity contribution < 1.29 is 12.4 Å². The fourth-order valence-corrected chi connectivity index (χ4v) is 3.54. The number of rotatable bonds is 3. The molecule has 0 saturated heterocycles. The third-order valence-corrected chi connectivity index (χ3v) is 4.83. The predicted octanol–water partition coefficient (Wildman–Crippen LogP) is 2.35. The second-order valence-electron chi connectivity index (χ2n) is 6.76. The fourth-order valence-electron chi connectivity index (χ4n) is 3.54. The summed E-state index contributed by atoms with van der Waals surface area (Å²) in [7, 11) is 0. The Balaban J connectivity index is 0.00000182. The largest absolute Gasteiger partial charge is 1.00 e. The zero-order valence-electron chi connectivity index (χ0n) is 14.5. The average molecular weight is 353 g/mol. The average Bonchev–Trinajstić information content (AvgIpc) is 2.62. The zero-order chi connectivity index (χ0) is 16.4. The maximum atomic E-state index is 4.88. The third kappa shape index (κ3) is 3.93. The normalized spacial score (nSPS) is 14.9. The number of hydrogen-bond donors (Lipinski definition) is 1. The Kier molecular flexibility index (Phi) is 5.54. The van der Waals surface area contributed by atoms with Gasteiger partial charge in [0.05, 0.1) is 5.52 Å². The van der Waals surface area contributed by atoms with Crippen LogP contribution in [0.5, 0.6) is 0 Å². The lowest BCUT2D eigenvalue weighted by Gasteiger charge is -2.24. The smallest absolute Gasteiger partial charge is 0.162 e. The SMILES string of the molecule is Cc1cccc(-c2nc(NC3CCCCC3)c3ccccc3n2)c1.[Cl-]. The van der Waals surface area contributed by atoms with E-state index in [2.05, 4.69) is 54.7 Å². The quantitative estimate of drug-likeness (QED) is 0.786. The Morgan fingerprint density at radius 1 is 0.920 bits per heavy atom. The van der Waals surface area contributed by atoms with E-state index < -0.39 is 0 Å².